The Morgan fingerprint density at radius 3 is 2.29 bits per heavy atom. The van der Waals surface area contributed by atoms with E-state index >= 15 is 0 Å². The van der Waals surface area contributed by atoms with E-state index in [1.807, 2.05) is 32.3 Å². The predicted octanol–water partition coefficient (Wildman–Crippen LogP) is 3.85. The number of rotatable bonds is 13. The maximum atomic E-state index is 12.7. The lowest BCUT2D eigenvalue weighted by molar-refractivity contribution is -0.133. The molecule has 2 N–H and O–H groups in total. The molecule has 3 aliphatic carbocycles. The van der Waals surface area contributed by atoms with Gasteiger partial charge in [-0.15, -0.1) is 0 Å². The number of carbonyl (C=O) groups is 2. The van der Waals surface area contributed by atoms with Crippen LogP contribution < -0.4 is 10.6 Å². The number of hydrogen-bond donors (Lipinski definition) is 2. The fourth-order valence-electron chi connectivity index (χ4n) is 3.41. The van der Waals surface area contributed by atoms with E-state index in [1.165, 1.54) is 44.1 Å². The highest BCUT2D eigenvalue weighted by Crippen LogP contribution is 2.37. The molecule has 3 saturated carbocycles. The first-order chi connectivity index (χ1) is 13.6. The number of carbonyl (C=O) groups excluding carboxylic acids is 2. The Labute approximate surface area is 169 Å². The lowest BCUT2D eigenvalue weighted by atomic mass is 9.91. The third-order valence-corrected chi connectivity index (χ3v) is 6.18. The van der Waals surface area contributed by atoms with E-state index in [9.17, 15) is 9.59 Å². The molecule has 0 saturated heterocycles. The van der Waals surface area contributed by atoms with E-state index in [2.05, 4.69) is 10.6 Å². The summed E-state index contributed by atoms with van der Waals surface area (Å²) in [5.74, 6) is 1.80. The van der Waals surface area contributed by atoms with Gasteiger partial charge in [0.15, 0.2) is 0 Å². The highest BCUT2D eigenvalue weighted by molar-refractivity contribution is 5.91. The summed E-state index contributed by atoms with van der Waals surface area (Å²) in [6.45, 7) is 5.46. The third-order valence-electron chi connectivity index (χ3n) is 6.18. The molecule has 156 valence electrons. The highest BCUT2D eigenvalue weighted by Gasteiger charge is 2.37. The smallest absolute Gasteiger partial charge is 0.245 e. The minimum absolute atomic E-state index is 0.0474. The van der Waals surface area contributed by atoms with Gasteiger partial charge in [-0.25, -0.2) is 0 Å². The first kappa shape index (κ1) is 20.9. The zero-order chi connectivity index (χ0) is 20.0. The molecule has 3 aliphatic rings. The summed E-state index contributed by atoms with van der Waals surface area (Å²) in [5.41, 5.74) is 0.385. The summed E-state index contributed by atoms with van der Waals surface area (Å²) in [7, 11) is 0. The van der Waals surface area contributed by atoms with Crippen LogP contribution >= 0.6 is 0 Å². The Hall–Kier alpha value is -1.78. The van der Waals surface area contributed by atoms with Gasteiger partial charge in [-0.1, -0.05) is 26.0 Å². The second kappa shape index (κ2) is 9.62. The van der Waals surface area contributed by atoms with Crippen LogP contribution in [0.25, 0.3) is 0 Å². The van der Waals surface area contributed by atoms with Crippen molar-refractivity contribution in [2.45, 2.75) is 77.2 Å². The standard InChI is InChI=1S/C23H36N2O3/c1-3-23(4-2,22(27)24-14-17-8-9-17)25-21(26)7-5-6-20(19-12-13-19)16-28-15-18-10-11-18/h5-6,16-19H,3-4,7-15H2,1-2H3,(H,24,27)(H,25,26)/b6-5-,20-16-. The lowest BCUT2D eigenvalue weighted by Gasteiger charge is -2.31. The number of hydrogen-bond acceptors (Lipinski definition) is 3. The quantitative estimate of drug-likeness (QED) is 0.372. The maximum absolute atomic E-state index is 12.7. The molecule has 5 heteroatoms. The first-order valence-electron chi connectivity index (χ1n) is 11.1. The summed E-state index contributed by atoms with van der Waals surface area (Å²) in [6.07, 6.45) is 14.7. The van der Waals surface area contributed by atoms with Crippen molar-refractivity contribution in [2.24, 2.45) is 17.8 Å². The lowest BCUT2D eigenvalue weighted by Crippen LogP contribution is -2.58. The fraction of sp³-hybridized carbons (Fsp3) is 0.739. The van der Waals surface area contributed by atoms with Crippen molar-refractivity contribution in [3.8, 4) is 0 Å². The molecule has 0 bridgehead atoms. The number of nitrogens with one attached hydrogen (secondary N) is 2. The Morgan fingerprint density at radius 2 is 1.71 bits per heavy atom. The molecule has 0 heterocycles. The van der Waals surface area contributed by atoms with Crippen LogP contribution in [0.2, 0.25) is 0 Å². The number of amides is 2. The first-order valence-corrected chi connectivity index (χ1v) is 11.1. The second-order valence-corrected chi connectivity index (χ2v) is 8.77. The van der Waals surface area contributed by atoms with E-state index in [0.29, 0.717) is 24.7 Å². The van der Waals surface area contributed by atoms with Crippen molar-refractivity contribution in [3.05, 3.63) is 24.0 Å². The molecular formula is C23H36N2O3. The van der Waals surface area contributed by atoms with Gasteiger partial charge in [-0.05, 0) is 74.7 Å². The van der Waals surface area contributed by atoms with E-state index in [4.69, 9.17) is 4.74 Å². The average molecular weight is 389 g/mol. The fourth-order valence-corrected chi connectivity index (χ4v) is 3.41. The molecule has 0 radical (unpaired) electrons. The van der Waals surface area contributed by atoms with Crippen LogP contribution in [0.3, 0.4) is 0 Å². The van der Waals surface area contributed by atoms with Crippen LogP contribution in [0.4, 0.5) is 0 Å². The van der Waals surface area contributed by atoms with E-state index in [-0.39, 0.29) is 18.2 Å². The normalized spacial score (nSPS) is 20.3. The minimum Gasteiger partial charge on any atom is -0.501 e. The maximum Gasteiger partial charge on any atom is 0.245 e. The van der Waals surface area contributed by atoms with Crippen LogP contribution in [0.1, 0.15) is 71.6 Å². The van der Waals surface area contributed by atoms with Crippen LogP contribution in [-0.4, -0.2) is 30.5 Å². The SMILES string of the molecule is CCC(CC)(NC(=O)C/C=C\C(=C\OCC1CC1)C1CC1)C(=O)NCC1CC1. The highest BCUT2D eigenvalue weighted by atomic mass is 16.5. The largest absolute Gasteiger partial charge is 0.501 e. The van der Waals surface area contributed by atoms with Gasteiger partial charge in [0.2, 0.25) is 11.8 Å². The summed E-state index contributed by atoms with van der Waals surface area (Å²) in [5, 5.41) is 6.04. The molecule has 0 spiro atoms. The van der Waals surface area contributed by atoms with Crippen molar-refractivity contribution in [2.75, 3.05) is 13.2 Å². The van der Waals surface area contributed by atoms with Gasteiger partial charge >= 0.3 is 0 Å². The van der Waals surface area contributed by atoms with Crippen molar-refractivity contribution in [1.29, 1.82) is 0 Å². The third kappa shape index (κ3) is 6.39. The van der Waals surface area contributed by atoms with Crippen molar-refractivity contribution < 1.29 is 14.3 Å². The number of allylic oxidation sites excluding steroid dienone is 2. The van der Waals surface area contributed by atoms with E-state index < -0.39 is 5.54 Å². The topological polar surface area (TPSA) is 67.4 Å². The van der Waals surface area contributed by atoms with Gasteiger partial charge in [0.1, 0.15) is 5.54 Å². The van der Waals surface area contributed by atoms with Crippen LogP contribution in [0, 0.1) is 17.8 Å². The van der Waals surface area contributed by atoms with E-state index in [1.54, 1.807) is 0 Å². The molecule has 2 amide bonds. The van der Waals surface area contributed by atoms with Crippen LogP contribution in [0.15, 0.2) is 24.0 Å². The summed E-state index contributed by atoms with van der Waals surface area (Å²) >= 11 is 0. The zero-order valence-electron chi connectivity index (χ0n) is 17.5. The van der Waals surface area contributed by atoms with Gasteiger partial charge in [0, 0.05) is 13.0 Å². The number of ether oxygens (including phenoxy) is 1. The van der Waals surface area contributed by atoms with Crippen LogP contribution in [0.5, 0.6) is 0 Å². The Balaban J connectivity index is 1.48. The summed E-state index contributed by atoms with van der Waals surface area (Å²) in [4.78, 5) is 25.2. The van der Waals surface area contributed by atoms with Gasteiger partial charge in [0.05, 0.1) is 12.9 Å². The summed E-state index contributed by atoms with van der Waals surface area (Å²) < 4.78 is 5.71. The second-order valence-electron chi connectivity index (χ2n) is 8.77. The molecule has 3 rings (SSSR count). The van der Waals surface area contributed by atoms with Crippen molar-refractivity contribution >= 4 is 11.8 Å². The molecule has 5 nitrogen and oxygen atoms in total. The Morgan fingerprint density at radius 1 is 1.04 bits per heavy atom. The van der Waals surface area contributed by atoms with Gasteiger partial charge in [-0.2, -0.15) is 0 Å². The van der Waals surface area contributed by atoms with Crippen molar-refractivity contribution in [1.82, 2.24) is 10.6 Å². The van der Waals surface area contributed by atoms with Crippen molar-refractivity contribution in [3.63, 3.8) is 0 Å². The van der Waals surface area contributed by atoms with E-state index in [0.717, 1.165) is 19.1 Å². The molecule has 0 atom stereocenters. The predicted molar refractivity (Wildman–Crippen MR) is 110 cm³/mol. The summed E-state index contributed by atoms with van der Waals surface area (Å²) in [6, 6.07) is 0. The molecule has 0 aliphatic heterocycles. The molecular weight excluding hydrogens is 352 g/mol. The van der Waals surface area contributed by atoms with Gasteiger partial charge in [-0.3, -0.25) is 9.59 Å². The molecule has 0 aromatic heterocycles. The molecule has 0 aromatic rings. The zero-order valence-corrected chi connectivity index (χ0v) is 17.5. The molecule has 3 fully saturated rings. The van der Waals surface area contributed by atoms with Gasteiger partial charge < -0.3 is 15.4 Å². The van der Waals surface area contributed by atoms with Gasteiger partial charge in [0.25, 0.3) is 0 Å². The Kier molecular flexibility index (Phi) is 7.19. The minimum atomic E-state index is -0.803. The molecule has 0 aromatic carbocycles. The monoisotopic (exact) mass is 388 g/mol. The Bertz CT molecular complexity index is 609. The molecule has 28 heavy (non-hydrogen) atoms. The van der Waals surface area contributed by atoms with Crippen LogP contribution in [-0.2, 0) is 14.3 Å². The average Bonchev–Trinajstić information content (AvgIpc) is 3.55. The molecule has 0 unspecified atom stereocenters.